The molecule has 2 heterocycles. The Balaban J connectivity index is 1.77. The molecule has 32 heavy (non-hydrogen) atoms. The minimum atomic E-state index is -0.635. The van der Waals surface area contributed by atoms with E-state index in [-0.39, 0.29) is 23.4 Å². The summed E-state index contributed by atoms with van der Waals surface area (Å²) in [5, 5.41) is 3.11. The molecule has 0 aliphatic rings. The number of para-hydroxylation sites is 1. The number of fused-ring (bicyclic) bond motifs is 1. The number of hydrogen-bond donors (Lipinski definition) is 3. The van der Waals surface area contributed by atoms with E-state index < -0.39 is 17.3 Å². The van der Waals surface area contributed by atoms with E-state index in [9.17, 15) is 14.0 Å². The summed E-state index contributed by atoms with van der Waals surface area (Å²) >= 11 is 0. The second-order valence-corrected chi connectivity index (χ2v) is 7.29. The number of rotatable bonds is 7. The number of carbonyl (C=O) groups is 1. The van der Waals surface area contributed by atoms with Gasteiger partial charge in [0.1, 0.15) is 23.7 Å². The van der Waals surface area contributed by atoms with Crippen molar-refractivity contribution in [2.75, 3.05) is 12.3 Å². The molecule has 7 nitrogen and oxygen atoms in total. The van der Waals surface area contributed by atoms with Crippen molar-refractivity contribution in [3.05, 3.63) is 82.3 Å². The summed E-state index contributed by atoms with van der Waals surface area (Å²) in [6.45, 7) is 2.59. The summed E-state index contributed by atoms with van der Waals surface area (Å²) in [5.74, 6) is -0.582. The van der Waals surface area contributed by atoms with E-state index >= 15 is 0 Å². The van der Waals surface area contributed by atoms with Crippen molar-refractivity contribution in [1.82, 2.24) is 10.3 Å². The number of H-pyrrole nitrogens is 1. The molecule has 0 radical (unpaired) electrons. The molecular formula is C24H22FN3O4. The number of nitrogens with one attached hydrogen (secondary N) is 2. The van der Waals surface area contributed by atoms with Crippen LogP contribution >= 0.6 is 0 Å². The smallest absolute Gasteiger partial charge is 0.263 e. The van der Waals surface area contributed by atoms with Crippen LogP contribution < -0.4 is 21.3 Å². The Morgan fingerprint density at radius 2 is 2.06 bits per heavy atom. The molecule has 164 valence electrons. The molecule has 2 aromatic heterocycles. The van der Waals surface area contributed by atoms with E-state index in [0.29, 0.717) is 28.8 Å². The Hall–Kier alpha value is -4.07. The van der Waals surface area contributed by atoms with Gasteiger partial charge in [0.25, 0.3) is 11.5 Å². The summed E-state index contributed by atoms with van der Waals surface area (Å²) in [7, 11) is 0. The lowest BCUT2D eigenvalue weighted by Crippen LogP contribution is -2.31. The van der Waals surface area contributed by atoms with Gasteiger partial charge in [0.2, 0.25) is 0 Å². The van der Waals surface area contributed by atoms with Gasteiger partial charge in [0.15, 0.2) is 0 Å². The van der Waals surface area contributed by atoms with Crippen LogP contribution in [-0.4, -0.2) is 17.4 Å². The molecule has 0 aliphatic carbocycles. The number of ether oxygens (including phenoxy) is 1. The van der Waals surface area contributed by atoms with E-state index in [2.05, 4.69) is 10.3 Å². The topological polar surface area (TPSA) is 110 Å². The standard InChI is InChI=1S/C24H22FN3O4/c1-2-9-27-23(29)20-21(26)17-5-3-4-16(22(17)28-24(20)30)18-11-15(6-7-19(18)25)32-13-14-8-10-31-12-14/h3-8,10-12H,2,9,13H2,1H3,(H,27,29)(H3,26,28,30). The molecule has 0 fully saturated rings. The average molecular weight is 435 g/mol. The number of carbonyl (C=O) groups excluding carboxylic acids is 1. The number of aromatic amines is 1. The third-order valence-corrected chi connectivity index (χ3v) is 5.07. The van der Waals surface area contributed by atoms with E-state index in [1.807, 2.05) is 6.92 Å². The van der Waals surface area contributed by atoms with E-state index in [0.717, 1.165) is 12.0 Å². The lowest BCUT2D eigenvalue weighted by atomic mass is 9.99. The molecule has 2 aromatic carbocycles. The lowest BCUT2D eigenvalue weighted by molar-refractivity contribution is 0.0953. The number of nitrogen functional groups attached to an aromatic ring is 1. The molecule has 0 saturated carbocycles. The summed E-state index contributed by atoms with van der Waals surface area (Å²) in [5.41, 5.74) is 7.31. The van der Waals surface area contributed by atoms with Crippen LogP contribution in [0.15, 0.2) is 64.2 Å². The molecule has 8 heteroatoms. The first-order chi connectivity index (χ1) is 15.5. The SMILES string of the molecule is CCCNC(=O)c1c(N)c2cccc(-c3cc(OCc4ccoc4)ccc3F)c2[nH]c1=O. The number of benzene rings is 2. The number of aromatic nitrogens is 1. The highest BCUT2D eigenvalue weighted by molar-refractivity contribution is 6.08. The van der Waals surface area contributed by atoms with Crippen molar-refractivity contribution in [1.29, 1.82) is 0 Å². The van der Waals surface area contributed by atoms with Gasteiger partial charge in [-0.05, 0) is 30.7 Å². The molecular weight excluding hydrogens is 413 g/mol. The number of halogens is 1. The van der Waals surface area contributed by atoms with Gasteiger partial charge in [0, 0.05) is 28.6 Å². The molecule has 4 rings (SSSR count). The van der Waals surface area contributed by atoms with E-state index in [1.54, 1.807) is 42.9 Å². The Bertz CT molecular complexity index is 1330. The lowest BCUT2D eigenvalue weighted by Gasteiger charge is -2.13. The van der Waals surface area contributed by atoms with Crippen molar-refractivity contribution in [2.24, 2.45) is 0 Å². The molecule has 0 saturated heterocycles. The predicted octanol–water partition coefficient (Wildman–Crippen LogP) is 4.23. The number of hydrogen-bond acceptors (Lipinski definition) is 5. The molecule has 0 unspecified atom stereocenters. The molecule has 1 amide bonds. The number of nitrogens with two attached hydrogens (primary N) is 1. The first kappa shape index (κ1) is 21.2. The number of anilines is 1. The zero-order valence-corrected chi connectivity index (χ0v) is 17.4. The van der Waals surface area contributed by atoms with Crippen LogP contribution in [0, 0.1) is 5.82 Å². The van der Waals surface area contributed by atoms with Crippen LogP contribution in [-0.2, 0) is 6.61 Å². The largest absolute Gasteiger partial charge is 0.489 e. The minimum absolute atomic E-state index is 0.0481. The van der Waals surface area contributed by atoms with Gasteiger partial charge in [-0.25, -0.2) is 4.39 Å². The van der Waals surface area contributed by atoms with Crippen LogP contribution in [0.1, 0.15) is 29.3 Å². The van der Waals surface area contributed by atoms with Crippen LogP contribution in [0.25, 0.3) is 22.0 Å². The van der Waals surface area contributed by atoms with Crippen LogP contribution in [0.2, 0.25) is 0 Å². The molecule has 0 spiro atoms. The molecule has 0 atom stereocenters. The fourth-order valence-electron chi connectivity index (χ4n) is 3.46. The molecule has 4 aromatic rings. The maximum Gasteiger partial charge on any atom is 0.263 e. The van der Waals surface area contributed by atoms with Crippen molar-refractivity contribution in [3.63, 3.8) is 0 Å². The Morgan fingerprint density at radius 1 is 1.22 bits per heavy atom. The first-order valence-electron chi connectivity index (χ1n) is 10.2. The van der Waals surface area contributed by atoms with Crippen LogP contribution in [0.3, 0.4) is 0 Å². The van der Waals surface area contributed by atoms with Gasteiger partial charge >= 0.3 is 0 Å². The molecule has 0 aliphatic heterocycles. The van der Waals surface area contributed by atoms with E-state index in [1.165, 1.54) is 12.1 Å². The quantitative estimate of drug-likeness (QED) is 0.402. The van der Waals surface area contributed by atoms with Crippen molar-refractivity contribution >= 4 is 22.5 Å². The number of pyridine rings is 1. The van der Waals surface area contributed by atoms with Gasteiger partial charge in [-0.1, -0.05) is 25.1 Å². The predicted molar refractivity (Wildman–Crippen MR) is 120 cm³/mol. The summed E-state index contributed by atoms with van der Waals surface area (Å²) in [6, 6.07) is 11.2. The monoisotopic (exact) mass is 435 g/mol. The first-order valence-corrected chi connectivity index (χ1v) is 10.2. The Kier molecular flexibility index (Phi) is 5.93. The Labute approximate surface area is 183 Å². The highest BCUT2D eigenvalue weighted by Gasteiger charge is 2.20. The second-order valence-electron chi connectivity index (χ2n) is 7.29. The average Bonchev–Trinajstić information content (AvgIpc) is 3.31. The van der Waals surface area contributed by atoms with Crippen molar-refractivity contribution < 1.29 is 18.3 Å². The highest BCUT2D eigenvalue weighted by Crippen LogP contribution is 2.34. The highest BCUT2D eigenvalue weighted by atomic mass is 19.1. The van der Waals surface area contributed by atoms with Crippen LogP contribution in [0.5, 0.6) is 5.75 Å². The second kappa shape index (κ2) is 8.97. The third kappa shape index (κ3) is 4.07. The zero-order chi connectivity index (χ0) is 22.7. The fraction of sp³-hybridized carbons (Fsp3) is 0.167. The molecule has 4 N–H and O–H groups in total. The van der Waals surface area contributed by atoms with Crippen LogP contribution in [0.4, 0.5) is 10.1 Å². The number of amides is 1. The molecule has 0 bridgehead atoms. The van der Waals surface area contributed by atoms with Gasteiger partial charge in [-0.3, -0.25) is 9.59 Å². The van der Waals surface area contributed by atoms with Crippen molar-refractivity contribution in [2.45, 2.75) is 20.0 Å². The van der Waals surface area contributed by atoms with Gasteiger partial charge in [-0.2, -0.15) is 0 Å². The fourth-order valence-corrected chi connectivity index (χ4v) is 3.46. The summed E-state index contributed by atoms with van der Waals surface area (Å²) in [6.07, 6.45) is 3.83. The van der Waals surface area contributed by atoms with Gasteiger partial charge in [-0.15, -0.1) is 0 Å². The minimum Gasteiger partial charge on any atom is -0.489 e. The number of furan rings is 1. The van der Waals surface area contributed by atoms with E-state index in [4.69, 9.17) is 14.9 Å². The van der Waals surface area contributed by atoms with Gasteiger partial charge < -0.3 is 25.2 Å². The summed E-state index contributed by atoms with van der Waals surface area (Å²) in [4.78, 5) is 27.8. The van der Waals surface area contributed by atoms with Crippen molar-refractivity contribution in [3.8, 4) is 16.9 Å². The summed E-state index contributed by atoms with van der Waals surface area (Å²) < 4.78 is 25.5. The van der Waals surface area contributed by atoms with Gasteiger partial charge in [0.05, 0.1) is 23.7 Å². The Morgan fingerprint density at radius 3 is 2.81 bits per heavy atom. The third-order valence-electron chi connectivity index (χ3n) is 5.07. The maximum absolute atomic E-state index is 14.8. The normalized spacial score (nSPS) is 10.9. The maximum atomic E-state index is 14.8. The zero-order valence-electron chi connectivity index (χ0n) is 17.4.